The minimum atomic E-state index is -0.284. The lowest BCUT2D eigenvalue weighted by Gasteiger charge is -2.21. The van der Waals surface area contributed by atoms with Crippen LogP contribution in [0.4, 0.5) is 0 Å². The molecule has 1 amide bonds. The Kier molecular flexibility index (Phi) is 6.74. The summed E-state index contributed by atoms with van der Waals surface area (Å²) in [6.45, 7) is -0.0572. The molecular formula is C18H27NO2. The van der Waals surface area contributed by atoms with Crippen molar-refractivity contribution in [2.75, 3.05) is 6.61 Å². The number of aliphatic hydroxyl groups excluding tert-OH is 1. The number of hydrogen-bond acceptors (Lipinski definition) is 2. The van der Waals surface area contributed by atoms with Crippen molar-refractivity contribution < 1.29 is 9.90 Å². The van der Waals surface area contributed by atoms with E-state index in [0.29, 0.717) is 6.42 Å². The third kappa shape index (κ3) is 5.50. The van der Waals surface area contributed by atoms with E-state index in [1.54, 1.807) is 0 Å². The summed E-state index contributed by atoms with van der Waals surface area (Å²) in [6, 6.07) is 9.37. The van der Waals surface area contributed by atoms with Gasteiger partial charge in [-0.2, -0.15) is 0 Å². The summed E-state index contributed by atoms with van der Waals surface area (Å²) < 4.78 is 0. The summed E-state index contributed by atoms with van der Waals surface area (Å²) >= 11 is 0. The van der Waals surface area contributed by atoms with Crippen molar-refractivity contribution in [3.05, 3.63) is 35.9 Å². The van der Waals surface area contributed by atoms with Crippen LogP contribution in [0.15, 0.2) is 30.3 Å². The van der Waals surface area contributed by atoms with E-state index in [4.69, 9.17) is 0 Å². The van der Waals surface area contributed by atoms with Crippen LogP contribution >= 0.6 is 0 Å². The molecular weight excluding hydrogens is 262 g/mol. The van der Waals surface area contributed by atoms with Crippen LogP contribution in [0.2, 0.25) is 0 Å². The van der Waals surface area contributed by atoms with Gasteiger partial charge in [0.2, 0.25) is 5.91 Å². The maximum absolute atomic E-state index is 12.0. The fourth-order valence-electron chi connectivity index (χ4n) is 3.21. The zero-order valence-corrected chi connectivity index (χ0v) is 12.8. The summed E-state index contributed by atoms with van der Waals surface area (Å²) in [7, 11) is 0. The predicted octanol–water partition coefficient (Wildman–Crippen LogP) is 3.59. The highest BCUT2D eigenvalue weighted by atomic mass is 16.3. The van der Waals surface area contributed by atoms with E-state index in [9.17, 15) is 9.90 Å². The lowest BCUT2D eigenvalue weighted by molar-refractivity contribution is -0.122. The topological polar surface area (TPSA) is 49.3 Å². The Hall–Kier alpha value is -1.35. The van der Waals surface area contributed by atoms with Crippen molar-refractivity contribution in [1.82, 2.24) is 5.32 Å². The van der Waals surface area contributed by atoms with E-state index in [2.05, 4.69) is 5.32 Å². The van der Waals surface area contributed by atoms with Crippen LogP contribution in [0, 0.1) is 5.92 Å². The molecule has 0 radical (unpaired) electrons. The number of carbonyl (C=O) groups is 1. The zero-order chi connectivity index (χ0) is 14.9. The monoisotopic (exact) mass is 289 g/mol. The molecule has 1 atom stereocenters. The van der Waals surface area contributed by atoms with E-state index in [1.165, 1.54) is 38.5 Å². The molecule has 1 aliphatic rings. The third-order valence-corrected chi connectivity index (χ3v) is 4.46. The molecule has 1 saturated carbocycles. The lowest BCUT2D eigenvalue weighted by Crippen LogP contribution is -2.30. The first kappa shape index (κ1) is 16.0. The van der Waals surface area contributed by atoms with Crippen LogP contribution in [0.5, 0.6) is 0 Å². The number of rotatable bonds is 7. The van der Waals surface area contributed by atoms with Gasteiger partial charge >= 0.3 is 0 Å². The molecule has 0 heterocycles. The Balaban J connectivity index is 1.70. The SMILES string of the molecule is O=C(CCCC1CCCCC1)NC(CO)c1ccccc1. The Bertz CT molecular complexity index is 412. The Labute approximate surface area is 127 Å². The average Bonchev–Trinajstić information content (AvgIpc) is 2.54. The maximum atomic E-state index is 12.0. The molecule has 0 aliphatic heterocycles. The molecule has 3 heteroatoms. The van der Waals surface area contributed by atoms with Crippen molar-refractivity contribution in [2.24, 2.45) is 5.92 Å². The van der Waals surface area contributed by atoms with Crippen LogP contribution in [0.3, 0.4) is 0 Å². The molecule has 1 unspecified atom stereocenters. The third-order valence-electron chi connectivity index (χ3n) is 4.46. The van der Waals surface area contributed by atoms with Gasteiger partial charge in [0, 0.05) is 6.42 Å². The minimum Gasteiger partial charge on any atom is -0.394 e. The number of nitrogens with one attached hydrogen (secondary N) is 1. The smallest absolute Gasteiger partial charge is 0.220 e. The first-order chi connectivity index (χ1) is 10.3. The number of carbonyl (C=O) groups excluding carboxylic acids is 1. The van der Waals surface area contributed by atoms with Gasteiger partial charge in [-0.05, 0) is 24.3 Å². The van der Waals surface area contributed by atoms with Crippen molar-refractivity contribution >= 4 is 5.91 Å². The molecule has 0 bridgehead atoms. The standard InChI is InChI=1S/C18H27NO2/c20-14-17(16-11-5-2-6-12-16)19-18(21)13-7-10-15-8-3-1-4-9-15/h2,5-6,11-12,15,17,20H,1,3-4,7-10,13-14H2,(H,19,21). The highest BCUT2D eigenvalue weighted by Gasteiger charge is 2.15. The van der Waals surface area contributed by atoms with Crippen molar-refractivity contribution in [1.29, 1.82) is 0 Å². The Morgan fingerprint density at radius 2 is 1.90 bits per heavy atom. The molecule has 1 aromatic carbocycles. The number of benzene rings is 1. The summed E-state index contributed by atoms with van der Waals surface area (Å²) in [5, 5.41) is 12.4. The summed E-state index contributed by atoms with van der Waals surface area (Å²) in [5.74, 6) is 0.878. The summed E-state index contributed by atoms with van der Waals surface area (Å²) in [5.41, 5.74) is 0.959. The number of aliphatic hydroxyl groups is 1. The second-order valence-electron chi connectivity index (χ2n) is 6.11. The van der Waals surface area contributed by atoms with Gasteiger partial charge in [-0.15, -0.1) is 0 Å². The fraction of sp³-hybridized carbons (Fsp3) is 0.611. The molecule has 2 rings (SSSR count). The van der Waals surface area contributed by atoms with Gasteiger partial charge in [0.15, 0.2) is 0 Å². The summed E-state index contributed by atoms with van der Waals surface area (Å²) in [4.78, 5) is 12.0. The molecule has 2 N–H and O–H groups in total. The molecule has 0 saturated heterocycles. The van der Waals surface area contributed by atoms with Crippen LogP contribution < -0.4 is 5.32 Å². The largest absolute Gasteiger partial charge is 0.394 e. The van der Waals surface area contributed by atoms with Crippen LogP contribution in [-0.2, 0) is 4.79 Å². The molecule has 21 heavy (non-hydrogen) atoms. The van der Waals surface area contributed by atoms with Gasteiger partial charge in [-0.1, -0.05) is 62.4 Å². The Morgan fingerprint density at radius 1 is 1.19 bits per heavy atom. The van der Waals surface area contributed by atoms with Crippen LogP contribution in [-0.4, -0.2) is 17.6 Å². The normalized spacial score (nSPS) is 17.4. The van der Waals surface area contributed by atoms with Crippen LogP contribution in [0.1, 0.15) is 63.0 Å². The quantitative estimate of drug-likeness (QED) is 0.806. The van der Waals surface area contributed by atoms with E-state index in [-0.39, 0.29) is 18.6 Å². The molecule has 3 nitrogen and oxygen atoms in total. The predicted molar refractivity (Wildman–Crippen MR) is 84.8 cm³/mol. The van der Waals surface area contributed by atoms with E-state index in [0.717, 1.165) is 17.9 Å². The first-order valence-electron chi connectivity index (χ1n) is 8.24. The molecule has 1 fully saturated rings. The second kappa shape index (κ2) is 8.83. The molecule has 116 valence electrons. The highest BCUT2D eigenvalue weighted by molar-refractivity contribution is 5.76. The first-order valence-corrected chi connectivity index (χ1v) is 8.24. The Morgan fingerprint density at radius 3 is 2.57 bits per heavy atom. The molecule has 1 aliphatic carbocycles. The summed E-state index contributed by atoms with van der Waals surface area (Å²) in [6.07, 6.45) is 9.47. The average molecular weight is 289 g/mol. The maximum Gasteiger partial charge on any atom is 0.220 e. The van der Waals surface area contributed by atoms with Gasteiger partial charge in [-0.3, -0.25) is 4.79 Å². The highest BCUT2D eigenvalue weighted by Crippen LogP contribution is 2.27. The van der Waals surface area contributed by atoms with E-state index in [1.807, 2.05) is 30.3 Å². The van der Waals surface area contributed by atoms with Gasteiger partial charge in [0.25, 0.3) is 0 Å². The zero-order valence-electron chi connectivity index (χ0n) is 12.8. The molecule has 0 spiro atoms. The fourth-order valence-corrected chi connectivity index (χ4v) is 3.21. The molecule has 1 aromatic rings. The second-order valence-corrected chi connectivity index (χ2v) is 6.11. The van der Waals surface area contributed by atoms with Gasteiger partial charge < -0.3 is 10.4 Å². The van der Waals surface area contributed by atoms with Gasteiger partial charge in [0.05, 0.1) is 12.6 Å². The number of hydrogen-bond donors (Lipinski definition) is 2. The van der Waals surface area contributed by atoms with Crippen molar-refractivity contribution in [3.8, 4) is 0 Å². The van der Waals surface area contributed by atoms with Crippen LogP contribution in [0.25, 0.3) is 0 Å². The van der Waals surface area contributed by atoms with E-state index < -0.39 is 0 Å². The van der Waals surface area contributed by atoms with Crippen molar-refractivity contribution in [3.63, 3.8) is 0 Å². The van der Waals surface area contributed by atoms with Gasteiger partial charge in [0.1, 0.15) is 0 Å². The molecule has 0 aromatic heterocycles. The minimum absolute atomic E-state index is 0.0497. The van der Waals surface area contributed by atoms with Crippen molar-refractivity contribution in [2.45, 2.75) is 57.4 Å². The van der Waals surface area contributed by atoms with E-state index >= 15 is 0 Å². The van der Waals surface area contributed by atoms with Gasteiger partial charge in [-0.25, -0.2) is 0 Å². The number of amides is 1. The lowest BCUT2D eigenvalue weighted by atomic mass is 9.86.